The van der Waals surface area contributed by atoms with Crippen molar-refractivity contribution < 1.29 is 0 Å². The van der Waals surface area contributed by atoms with Crippen molar-refractivity contribution >= 4 is 0 Å². The van der Waals surface area contributed by atoms with Crippen molar-refractivity contribution in [3.05, 3.63) is 0 Å². The number of nitrogens with two attached hydrogens (primary N) is 1. The molecule has 0 radical (unpaired) electrons. The summed E-state index contributed by atoms with van der Waals surface area (Å²) in [7, 11) is 2.26. The van der Waals surface area contributed by atoms with Crippen molar-refractivity contribution in [2.24, 2.45) is 11.7 Å². The first kappa shape index (κ1) is 13.3. The van der Waals surface area contributed by atoms with E-state index in [4.69, 9.17) is 5.73 Å². The summed E-state index contributed by atoms with van der Waals surface area (Å²) in [6, 6.07) is 1.54. The maximum atomic E-state index is 5.94. The van der Waals surface area contributed by atoms with Crippen LogP contribution in [0.4, 0.5) is 0 Å². The second-order valence-electron chi connectivity index (χ2n) is 5.88. The van der Waals surface area contributed by atoms with Crippen LogP contribution >= 0.6 is 0 Å². The molecule has 0 bridgehead atoms. The van der Waals surface area contributed by atoms with Crippen LogP contribution < -0.4 is 5.73 Å². The molecular weight excluding hydrogens is 210 g/mol. The number of nitrogens with zero attached hydrogens (tertiary/aromatic N) is 2. The van der Waals surface area contributed by atoms with E-state index >= 15 is 0 Å². The molecule has 0 amide bonds. The highest BCUT2D eigenvalue weighted by Gasteiger charge is 2.35. The summed E-state index contributed by atoms with van der Waals surface area (Å²) in [5.74, 6) is 0.752. The van der Waals surface area contributed by atoms with Gasteiger partial charge in [0.05, 0.1) is 0 Å². The van der Waals surface area contributed by atoms with Gasteiger partial charge in [-0.15, -0.1) is 0 Å². The lowest BCUT2D eigenvalue weighted by atomic mass is 9.97. The lowest BCUT2D eigenvalue weighted by Gasteiger charge is -2.42. The fourth-order valence-corrected chi connectivity index (χ4v) is 3.90. The molecule has 3 heteroatoms. The molecule has 0 aromatic carbocycles. The van der Waals surface area contributed by atoms with Gasteiger partial charge < -0.3 is 10.6 Å². The van der Waals surface area contributed by atoms with Gasteiger partial charge in [-0.05, 0) is 58.3 Å². The van der Waals surface area contributed by atoms with E-state index in [-0.39, 0.29) is 0 Å². The minimum absolute atomic E-state index is 0.752. The Hall–Kier alpha value is -0.120. The van der Waals surface area contributed by atoms with Gasteiger partial charge in [-0.1, -0.05) is 13.3 Å². The van der Waals surface area contributed by atoms with E-state index in [1.54, 1.807) is 0 Å². The van der Waals surface area contributed by atoms with Gasteiger partial charge >= 0.3 is 0 Å². The Bertz CT molecular complexity index is 232. The van der Waals surface area contributed by atoms with E-state index in [0.29, 0.717) is 0 Å². The van der Waals surface area contributed by atoms with Gasteiger partial charge in [0.15, 0.2) is 0 Å². The smallest absolute Gasteiger partial charge is 0.0226 e. The van der Waals surface area contributed by atoms with E-state index in [1.807, 2.05) is 0 Å². The van der Waals surface area contributed by atoms with Gasteiger partial charge in [-0.3, -0.25) is 4.90 Å². The number of likely N-dealkylation sites (N-methyl/N-ethyl adjacent to an activating group) is 2. The van der Waals surface area contributed by atoms with Crippen molar-refractivity contribution in [1.29, 1.82) is 0 Å². The highest BCUT2D eigenvalue weighted by Crippen LogP contribution is 2.32. The van der Waals surface area contributed by atoms with Crippen molar-refractivity contribution in [2.45, 2.75) is 51.1 Å². The third-order valence-corrected chi connectivity index (χ3v) is 4.78. The second kappa shape index (κ2) is 6.17. The monoisotopic (exact) mass is 239 g/mol. The summed E-state index contributed by atoms with van der Waals surface area (Å²) in [4.78, 5) is 5.25. The largest absolute Gasteiger partial charge is 0.330 e. The van der Waals surface area contributed by atoms with Gasteiger partial charge in [0.1, 0.15) is 0 Å². The third-order valence-electron chi connectivity index (χ3n) is 4.78. The molecule has 1 saturated carbocycles. The van der Waals surface area contributed by atoms with Crippen LogP contribution in [-0.4, -0.2) is 55.1 Å². The maximum absolute atomic E-state index is 5.94. The molecule has 3 unspecified atom stereocenters. The van der Waals surface area contributed by atoms with E-state index in [0.717, 1.165) is 24.5 Å². The molecular formula is C14H29N3. The molecule has 0 aromatic rings. The van der Waals surface area contributed by atoms with Crippen LogP contribution in [0.15, 0.2) is 0 Å². The second-order valence-corrected chi connectivity index (χ2v) is 5.88. The quantitative estimate of drug-likeness (QED) is 0.807. The summed E-state index contributed by atoms with van der Waals surface area (Å²) >= 11 is 0. The predicted octanol–water partition coefficient (Wildman–Crippen LogP) is 1.53. The average molecular weight is 239 g/mol. The molecule has 2 N–H and O–H groups in total. The fourth-order valence-electron chi connectivity index (χ4n) is 3.90. The molecule has 1 saturated heterocycles. The van der Waals surface area contributed by atoms with Crippen LogP contribution in [0, 0.1) is 5.92 Å². The number of hydrogen-bond donors (Lipinski definition) is 1. The van der Waals surface area contributed by atoms with E-state index in [9.17, 15) is 0 Å². The van der Waals surface area contributed by atoms with Gasteiger partial charge in [0.2, 0.25) is 0 Å². The van der Waals surface area contributed by atoms with Gasteiger partial charge in [0, 0.05) is 18.6 Å². The number of hydrogen-bond acceptors (Lipinski definition) is 3. The van der Waals surface area contributed by atoms with Crippen molar-refractivity contribution in [3.8, 4) is 0 Å². The van der Waals surface area contributed by atoms with E-state index in [1.165, 1.54) is 51.7 Å². The van der Waals surface area contributed by atoms with Crippen LogP contribution in [0.3, 0.4) is 0 Å². The molecule has 17 heavy (non-hydrogen) atoms. The molecule has 1 aliphatic heterocycles. The predicted molar refractivity (Wildman–Crippen MR) is 73.1 cm³/mol. The molecule has 1 aliphatic carbocycles. The Labute approximate surface area is 106 Å². The number of rotatable bonds is 4. The highest BCUT2D eigenvalue weighted by atomic mass is 15.2. The van der Waals surface area contributed by atoms with Crippen molar-refractivity contribution in [2.75, 3.05) is 33.2 Å². The van der Waals surface area contributed by atoms with Crippen molar-refractivity contribution in [3.63, 3.8) is 0 Å². The van der Waals surface area contributed by atoms with Crippen LogP contribution in [-0.2, 0) is 0 Å². The van der Waals surface area contributed by atoms with Gasteiger partial charge in [-0.2, -0.15) is 0 Å². The summed E-state index contributed by atoms with van der Waals surface area (Å²) < 4.78 is 0. The normalized spacial score (nSPS) is 35.6. The minimum Gasteiger partial charge on any atom is -0.330 e. The van der Waals surface area contributed by atoms with Gasteiger partial charge in [-0.25, -0.2) is 0 Å². The summed E-state index contributed by atoms with van der Waals surface area (Å²) in [6.45, 7) is 6.92. The minimum atomic E-state index is 0.752. The van der Waals surface area contributed by atoms with Crippen LogP contribution in [0.5, 0.6) is 0 Å². The van der Waals surface area contributed by atoms with E-state index < -0.39 is 0 Å². The average Bonchev–Trinajstić information content (AvgIpc) is 2.78. The summed E-state index contributed by atoms with van der Waals surface area (Å²) in [6.07, 6.45) is 6.84. The van der Waals surface area contributed by atoms with Crippen LogP contribution in [0.2, 0.25) is 0 Å². The first-order valence-corrected chi connectivity index (χ1v) is 7.40. The Balaban J connectivity index is 1.99. The first-order valence-electron chi connectivity index (χ1n) is 7.40. The SMILES string of the molecule is CCN(C1CCCN(C)C1)C1CCCC1CN. The molecule has 3 atom stereocenters. The third kappa shape index (κ3) is 3.01. The summed E-state index contributed by atoms with van der Waals surface area (Å²) in [5, 5.41) is 0. The zero-order valence-corrected chi connectivity index (χ0v) is 11.6. The lowest BCUT2D eigenvalue weighted by Crippen LogP contribution is -2.52. The fraction of sp³-hybridized carbons (Fsp3) is 1.00. The molecule has 100 valence electrons. The lowest BCUT2D eigenvalue weighted by molar-refractivity contribution is 0.0639. The van der Waals surface area contributed by atoms with Crippen molar-refractivity contribution in [1.82, 2.24) is 9.80 Å². The number of piperidine rings is 1. The standard InChI is InChI=1S/C14H29N3/c1-3-17(13-7-5-9-16(2)11-13)14-8-4-6-12(14)10-15/h12-14H,3-11,15H2,1-2H3. The molecule has 0 aromatic heterocycles. The Morgan fingerprint density at radius 1 is 1.24 bits per heavy atom. The first-order chi connectivity index (χ1) is 8.26. The Morgan fingerprint density at radius 3 is 2.71 bits per heavy atom. The summed E-state index contributed by atoms with van der Waals surface area (Å²) in [5.41, 5.74) is 5.94. The van der Waals surface area contributed by atoms with E-state index in [2.05, 4.69) is 23.8 Å². The maximum Gasteiger partial charge on any atom is 0.0226 e. The van der Waals surface area contributed by atoms with Crippen LogP contribution in [0.25, 0.3) is 0 Å². The molecule has 0 spiro atoms. The van der Waals surface area contributed by atoms with Gasteiger partial charge in [0.25, 0.3) is 0 Å². The molecule has 2 aliphatic rings. The molecule has 2 fully saturated rings. The van der Waals surface area contributed by atoms with Crippen LogP contribution in [0.1, 0.15) is 39.0 Å². The highest BCUT2D eigenvalue weighted by molar-refractivity contribution is 4.90. The zero-order valence-electron chi connectivity index (χ0n) is 11.6. The Morgan fingerprint density at radius 2 is 2.06 bits per heavy atom. The zero-order chi connectivity index (χ0) is 12.3. The topological polar surface area (TPSA) is 32.5 Å². The Kier molecular flexibility index (Phi) is 4.83. The molecule has 3 nitrogen and oxygen atoms in total. The number of likely N-dealkylation sites (tertiary alicyclic amines) is 1. The molecule has 1 heterocycles. The molecule has 2 rings (SSSR count).